The molecule has 7 heteroatoms. The van der Waals surface area contributed by atoms with Crippen molar-refractivity contribution in [2.75, 3.05) is 11.4 Å². The summed E-state index contributed by atoms with van der Waals surface area (Å²) in [7, 11) is 1.69. The van der Waals surface area contributed by atoms with E-state index >= 15 is 0 Å². The van der Waals surface area contributed by atoms with Gasteiger partial charge in [0.2, 0.25) is 0 Å². The largest absolute Gasteiger partial charge is 0.360 e. The Kier molecular flexibility index (Phi) is 3.41. The molecule has 1 saturated carbocycles. The molecular weight excluding hydrogens is 309 g/mol. The highest BCUT2D eigenvalue weighted by Gasteiger charge is 2.46. The maximum atomic E-state index is 14.1. The average molecular weight is 327 g/mol. The van der Waals surface area contributed by atoms with Crippen LogP contribution in [0.3, 0.4) is 0 Å². The number of halogens is 1. The first-order valence-corrected chi connectivity index (χ1v) is 8.18. The molecule has 2 heterocycles. The first-order chi connectivity index (χ1) is 11.6. The Labute approximate surface area is 138 Å². The number of nitrogens with zero attached hydrogens (tertiary/aromatic N) is 4. The third-order valence-electron chi connectivity index (χ3n) is 5.26. The third kappa shape index (κ3) is 2.21. The van der Waals surface area contributed by atoms with Gasteiger partial charge in [-0.05, 0) is 43.2 Å². The fourth-order valence-electron chi connectivity index (χ4n) is 3.92. The van der Waals surface area contributed by atoms with Crippen LogP contribution in [0.4, 0.5) is 10.1 Å². The van der Waals surface area contributed by atoms with Gasteiger partial charge in [-0.15, -0.1) is 0 Å². The number of hydrogen-bond donors (Lipinski definition) is 1. The van der Waals surface area contributed by atoms with Gasteiger partial charge in [-0.1, -0.05) is 6.07 Å². The second-order valence-electron chi connectivity index (χ2n) is 6.62. The van der Waals surface area contributed by atoms with Crippen molar-refractivity contribution in [3.8, 4) is 6.07 Å². The Morgan fingerprint density at radius 2 is 2.17 bits per heavy atom. The first kappa shape index (κ1) is 14.9. The molecule has 1 N–H and O–H groups in total. The number of hydrogen-bond acceptors (Lipinski definition) is 4. The summed E-state index contributed by atoms with van der Waals surface area (Å²) in [6, 6.07) is 6.56. The molecule has 1 aliphatic heterocycles. The van der Waals surface area contributed by atoms with Gasteiger partial charge in [-0.2, -0.15) is 10.4 Å². The highest BCUT2D eigenvalue weighted by atomic mass is 19.1. The molecule has 0 amide bonds. The number of benzene rings is 1. The van der Waals surface area contributed by atoms with Crippen LogP contribution in [0, 0.1) is 29.0 Å². The SMILES string of the molecule is Cn1c(C2C(C3CC3)CCN2c2cccc(F)c2C#N)n[nH]c1=O. The number of rotatable bonds is 3. The van der Waals surface area contributed by atoms with Crippen LogP contribution in [0.5, 0.6) is 0 Å². The molecule has 2 atom stereocenters. The zero-order chi connectivity index (χ0) is 16.8. The molecular formula is C17H18FN5O. The number of aromatic amines is 1. The van der Waals surface area contributed by atoms with E-state index in [1.807, 2.05) is 11.0 Å². The van der Waals surface area contributed by atoms with E-state index in [1.54, 1.807) is 19.2 Å². The minimum Gasteiger partial charge on any atom is -0.360 e. The van der Waals surface area contributed by atoms with Crippen LogP contribution in [-0.4, -0.2) is 21.3 Å². The zero-order valence-electron chi connectivity index (χ0n) is 13.4. The smallest absolute Gasteiger partial charge is 0.343 e. The van der Waals surface area contributed by atoms with E-state index in [0.717, 1.165) is 13.0 Å². The first-order valence-electron chi connectivity index (χ1n) is 8.18. The molecule has 1 aromatic carbocycles. The van der Waals surface area contributed by atoms with Gasteiger partial charge >= 0.3 is 5.69 Å². The Morgan fingerprint density at radius 1 is 1.38 bits per heavy atom. The second kappa shape index (κ2) is 5.48. The van der Waals surface area contributed by atoms with E-state index < -0.39 is 5.82 Å². The monoisotopic (exact) mass is 327 g/mol. The van der Waals surface area contributed by atoms with Crippen LogP contribution in [0.2, 0.25) is 0 Å². The molecule has 2 unspecified atom stereocenters. The standard InChI is InChI=1S/C17H18FN5O/c1-22-16(20-21-17(22)24)15-11(10-5-6-10)7-8-23(15)14-4-2-3-13(18)12(14)9-19/h2-4,10-11,15H,5-8H2,1H3,(H,21,24). The molecule has 124 valence electrons. The van der Waals surface area contributed by atoms with Gasteiger partial charge in [0.1, 0.15) is 17.4 Å². The minimum atomic E-state index is -0.514. The van der Waals surface area contributed by atoms with Crippen molar-refractivity contribution in [3.63, 3.8) is 0 Å². The predicted octanol–water partition coefficient (Wildman–Crippen LogP) is 2.10. The number of aromatic nitrogens is 3. The Hall–Kier alpha value is -2.62. The summed E-state index contributed by atoms with van der Waals surface area (Å²) in [6.45, 7) is 0.727. The molecule has 0 radical (unpaired) electrons. The zero-order valence-corrected chi connectivity index (χ0v) is 13.4. The quantitative estimate of drug-likeness (QED) is 0.936. The normalized spacial score (nSPS) is 23.5. The van der Waals surface area contributed by atoms with Crippen LogP contribution in [-0.2, 0) is 7.05 Å². The number of anilines is 1. The summed E-state index contributed by atoms with van der Waals surface area (Å²) in [5.74, 6) is 1.13. The van der Waals surface area contributed by atoms with Crippen molar-refractivity contribution in [1.29, 1.82) is 5.26 Å². The van der Waals surface area contributed by atoms with Gasteiger partial charge in [-0.25, -0.2) is 14.3 Å². The van der Waals surface area contributed by atoms with Crippen molar-refractivity contribution < 1.29 is 4.39 Å². The number of H-pyrrole nitrogens is 1. The van der Waals surface area contributed by atoms with E-state index in [0.29, 0.717) is 23.3 Å². The van der Waals surface area contributed by atoms with Crippen molar-refractivity contribution in [2.24, 2.45) is 18.9 Å². The molecule has 4 rings (SSSR count). The third-order valence-corrected chi connectivity index (χ3v) is 5.26. The molecule has 24 heavy (non-hydrogen) atoms. The fraction of sp³-hybridized carbons (Fsp3) is 0.471. The maximum Gasteiger partial charge on any atom is 0.343 e. The van der Waals surface area contributed by atoms with Crippen molar-refractivity contribution in [3.05, 3.63) is 45.9 Å². The second-order valence-corrected chi connectivity index (χ2v) is 6.62. The fourth-order valence-corrected chi connectivity index (χ4v) is 3.92. The Bertz CT molecular complexity index is 876. The summed E-state index contributed by atoms with van der Waals surface area (Å²) < 4.78 is 15.6. The maximum absolute atomic E-state index is 14.1. The van der Waals surface area contributed by atoms with Gasteiger partial charge < -0.3 is 4.90 Å². The van der Waals surface area contributed by atoms with Gasteiger partial charge in [0.05, 0.1) is 11.7 Å². The van der Waals surface area contributed by atoms with Crippen LogP contribution >= 0.6 is 0 Å². The highest BCUT2D eigenvalue weighted by molar-refractivity contribution is 5.61. The molecule has 0 spiro atoms. The summed E-state index contributed by atoms with van der Waals surface area (Å²) in [5, 5.41) is 16.1. The lowest BCUT2D eigenvalue weighted by molar-refractivity contribution is 0.406. The summed E-state index contributed by atoms with van der Waals surface area (Å²) in [5.41, 5.74) is 0.381. The van der Waals surface area contributed by atoms with E-state index in [-0.39, 0.29) is 17.3 Å². The van der Waals surface area contributed by atoms with Gasteiger partial charge in [-0.3, -0.25) is 4.57 Å². The van der Waals surface area contributed by atoms with Gasteiger partial charge in [0.15, 0.2) is 5.82 Å². The summed E-state index contributed by atoms with van der Waals surface area (Å²) in [6.07, 6.45) is 3.32. The van der Waals surface area contributed by atoms with Crippen LogP contribution in [0.15, 0.2) is 23.0 Å². The molecule has 2 aliphatic rings. The van der Waals surface area contributed by atoms with E-state index in [4.69, 9.17) is 0 Å². The molecule has 1 aliphatic carbocycles. The van der Waals surface area contributed by atoms with E-state index in [2.05, 4.69) is 10.2 Å². The van der Waals surface area contributed by atoms with Crippen molar-refractivity contribution in [1.82, 2.24) is 14.8 Å². The topological polar surface area (TPSA) is 77.7 Å². The molecule has 6 nitrogen and oxygen atoms in total. The average Bonchev–Trinajstić information content (AvgIpc) is 3.25. The van der Waals surface area contributed by atoms with Crippen molar-refractivity contribution >= 4 is 5.69 Å². The lowest BCUT2D eigenvalue weighted by atomic mass is 9.94. The Balaban J connectivity index is 1.83. The molecule has 0 bridgehead atoms. The van der Waals surface area contributed by atoms with E-state index in [1.165, 1.54) is 23.5 Å². The lowest BCUT2D eigenvalue weighted by Crippen LogP contribution is -2.30. The molecule has 1 aromatic heterocycles. The van der Waals surface area contributed by atoms with Gasteiger partial charge in [0, 0.05) is 13.6 Å². The summed E-state index contributed by atoms with van der Waals surface area (Å²) >= 11 is 0. The van der Waals surface area contributed by atoms with E-state index in [9.17, 15) is 14.4 Å². The number of nitriles is 1. The van der Waals surface area contributed by atoms with Crippen molar-refractivity contribution in [2.45, 2.75) is 25.3 Å². The van der Waals surface area contributed by atoms with Crippen LogP contribution in [0.25, 0.3) is 0 Å². The van der Waals surface area contributed by atoms with Gasteiger partial charge in [0.25, 0.3) is 0 Å². The predicted molar refractivity (Wildman–Crippen MR) is 85.9 cm³/mol. The van der Waals surface area contributed by atoms with Crippen LogP contribution < -0.4 is 10.6 Å². The highest BCUT2D eigenvalue weighted by Crippen LogP contribution is 2.51. The molecule has 2 aromatic rings. The lowest BCUT2D eigenvalue weighted by Gasteiger charge is -2.29. The molecule has 1 saturated heterocycles. The Morgan fingerprint density at radius 3 is 2.79 bits per heavy atom. The number of nitrogens with one attached hydrogen (secondary N) is 1. The minimum absolute atomic E-state index is 0.0551. The summed E-state index contributed by atoms with van der Waals surface area (Å²) in [4.78, 5) is 13.9. The van der Waals surface area contributed by atoms with Crippen LogP contribution in [0.1, 0.15) is 36.7 Å². The molecule has 2 fully saturated rings.